The van der Waals surface area contributed by atoms with E-state index in [2.05, 4.69) is 4.98 Å². The normalized spacial score (nSPS) is 12.6. The molecule has 2 rings (SSSR count). The first-order chi connectivity index (χ1) is 7.66. The zero-order valence-corrected chi connectivity index (χ0v) is 8.93. The molecular formula is C12H13NO3. The van der Waals surface area contributed by atoms with Gasteiger partial charge in [0.15, 0.2) is 0 Å². The fourth-order valence-corrected chi connectivity index (χ4v) is 1.75. The van der Waals surface area contributed by atoms with E-state index in [1.807, 2.05) is 25.1 Å². The Hall–Kier alpha value is -1.97. The number of carboxylic acids is 1. The maximum absolute atomic E-state index is 10.8. The fourth-order valence-electron chi connectivity index (χ4n) is 1.75. The molecule has 2 aromatic rings. The zero-order chi connectivity index (χ0) is 11.5. The molecule has 1 unspecified atom stereocenters. The van der Waals surface area contributed by atoms with Gasteiger partial charge in [0.25, 0.3) is 0 Å². The Balaban J connectivity index is 2.31. The third kappa shape index (κ3) is 2.16. The minimum atomic E-state index is -0.833. The highest BCUT2D eigenvalue weighted by Crippen LogP contribution is 2.29. The van der Waals surface area contributed by atoms with E-state index in [4.69, 9.17) is 9.52 Å². The van der Waals surface area contributed by atoms with E-state index in [9.17, 15) is 4.79 Å². The van der Waals surface area contributed by atoms with Gasteiger partial charge in [-0.25, -0.2) is 0 Å². The molecule has 2 aromatic heterocycles. The summed E-state index contributed by atoms with van der Waals surface area (Å²) in [6.07, 6.45) is 3.61. The molecule has 16 heavy (non-hydrogen) atoms. The van der Waals surface area contributed by atoms with E-state index in [1.165, 1.54) is 0 Å². The summed E-state index contributed by atoms with van der Waals surface area (Å²) in [5.74, 6) is 0.429. The van der Waals surface area contributed by atoms with Gasteiger partial charge in [0.05, 0.1) is 12.3 Å². The molecule has 0 fully saturated rings. The predicted molar refractivity (Wildman–Crippen MR) is 58.3 cm³/mol. The third-order valence-electron chi connectivity index (χ3n) is 2.51. The molecule has 2 heterocycles. The second-order valence-corrected chi connectivity index (χ2v) is 3.74. The Morgan fingerprint density at radius 3 is 2.81 bits per heavy atom. The van der Waals surface area contributed by atoms with E-state index in [0.29, 0.717) is 5.76 Å². The number of H-pyrrole nitrogens is 1. The Morgan fingerprint density at radius 2 is 2.31 bits per heavy atom. The van der Waals surface area contributed by atoms with Crippen molar-refractivity contribution >= 4 is 5.97 Å². The molecule has 0 aliphatic rings. The maximum atomic E-state index is 10.8. The Bertz CT molecular complexity index is 470. The molecule has 4 nitrogen and oxygen atoms in total. The minimum absolute atomic E-state index is 0.0325. The largest absolute Gasteiger partial charge is 0.481 e. The summed E-state index contributed by atoms with van der Waals surface area (Å²) in [7, 11) is 0. The van der Waals surface area contributed by atoms with Gasteiger partial charge in [-0.05, 0) is 30.7 Å². The average Bonchev–Trinajstić information content (AvgIpc) is 2.84. The lowest BCUT2D eigenvalue weighted by Gasteiger charge is -2.10. The lowest BCUT2D eigenvalue weighted by molar-refractivity contribution is -0.137. The Labute approximate surface area is 92.9 Å². The smallest absolute Gasteiger partial charge is 0.304 e. The lowest BCUT2D eigenvalue weighted by Crippen LogP contribution is -2.06. The van der Waals surface area contributed by atoms with Crippen LogP contribution in [-0.2, 0) is 4.79 Å². The van der Waals surface area contributed by atoms with Gasteiger partial charge in [0.2, 0.25) is 0 Å². The Morgan fingerprint density at radius 1 is 1.50 bits per heavy atom. The molecule has 1 atom stereocenters. The summed E-state index contributed by atoms with van der Waals surface area (Å²) < 4.78 is 5.49. The first-order valence-corrected chi connectivity index (χ1v) is 5.07. The van der Waals surface area contributed by atoms with Crippen LogP contribution in [0.1, 0.15) is 29.4 Å². The number of carbonyl (C=O) groups is 1. The molecule has 0 radical (unpaired) electrons. The van der Waals surface area contributed by atoms with Crippen LogP contribution >= 0.6 is 0 Å². The van der Waals surface area contributed by atoms with Gasteiger partial charge in [0, 0.05) is 12.4 Å². The quantitative estimate of drug-likeness (QED) is 0.830. The highest BCUT2D eigenvalue weighted by molar-refractivity contribution is 5.68. The second-order valence-electron chi connectivity index (χ2n) is 3.74. The van der Waals surface area contributed by atoms with Gasteiger partial charge < -0.3 is 14.5 Å². The van der Waals surface area contributed by atoms with Crippen molar-refractivity contribution in [1.82, 2.24) is 4.98 Å². The van der Waals surface area contributed by atoms with Crippen LogP contribution in [0.3, 0.4) is 0 Å². The van der Waals surface area contributed by atoms with Crippen LogP contribution in [0.5, 0.6) is 0 Å². The van der Waals surface area contributed by atoms with Gasteiger partial charge in [-0.2, -0.15) is 0 Å². The number of hydrogen-bond donors (Lipinski definition) is 2. The van der Waals surface area contributed by atoms with E-state index >= 15 is 0 Å². The molecule has 0 bridgehead atoms. The number of carboxylic acid groups (broad SMARTS) is 1. The van der Waals surface area contributed by atoms with Crippen molar-refractivity contribution in [3.05, 3.63) is 47.7 Å². The predicted octanol–water partition coefficient (Wildman–Crippen LogP) is 2.52. The van der Waals surface area contributed by atoms with Gasteiger partial charge in [-0.3, -0.25) is 4.79 Å². The highest BCUT2D eigenvalue weighted by Gasteiger charge is 2.21. The average molecular weight is 219 g/mol. The number of aromatic nitrogens is 1. The molecule has 4 heteroatoms. The first kappa shape index (κ1) is 10.5. The number of aromatic amines is 1. The molecular weight excluding hydrogens is 206 g/mol. The number of aliphatic carboxylic acids is 1. The molecule has 0 aromatic carbocycles. The van der Waals surface area contributed by atoms with Crippen LogP contribution < -0.4 is 0 Å². The van der Waals surface area contributed by atoms with E-state index < -0.39 is 5.97 Å². The summed E-state index contributed by atoms with van der Waals surface area (Å²) in [5.41, 5.74) is 0.928. The van der Waals surface area contributed by atoms with Crippen molar-refractivity contribution in [3.63, 3.8) is 0 Å². The molecule has 0 aliphatic carbocycles. The summed E-state index contributed by atoms with van der Waals surface area (Å²) in [6, 6.07) is 5.54. The number of rotatable bonds is 4. The molecule has 0 spiro atoms. The number of hydrogen-bond acceptors (Lipinski definition) is 2. The van der Waals surface area contributed by atoms with Crippen molar-refractivity contribution in [1.29, 1.82) is 0 Å². The third-order valence-corrected chi connectivity index (χ3v) is 2.51. The summed E-state index contributed by atoms with van der Waals surface area (Å²) in [6.45, 7) is 1.85. The number of nitrogens with one attached hydrogen (secondary N) is 1. The second kappa shape index (κ2) is 4.26. The zero-order valence-electron chi connectivity index (χ0n) is 8.93. The van der Waals surface area contributed by atoms with Crippen molar-refractivity contribution < 1.29 is 14.3 Å². The number of furan rings is 1. The molecule has 84 valence electrons. The minimum Gasteiger partial charge on any atom is -0.481 e. The molecule has 0 aliphatic heterocycles. The maximum Gasteiger partial charge on any atom is 0.304 e. The molecule has 0 saturated carbocycles. The molecule has 0 amide bonds. The SMILES string of the molecule is Cc1ccc(C(CC(=O)O)c2cc[nH]c2)o1. The summed E-state index contributed by atoms with van der Waals surface area (Å²) in [5, 5.41) is 8.90. The van der Waals surface area contributed by atoms with Crippen molar-refractivity contribution in [2.24, 2.45) is 0 Å². The highest BCUT2D eigenvalue weighted by atomic mass is 16.4. The van der Waals surface area contributed by atoms with E-state index in [1.54, 1.807) is 12.4 Å². The van der Waals surface area contributed by atoms with Crippen molar-refractivity contribution in [2.75, 3.05) is 0 Å². The van der Waals surface area contributed by atoms with Crippen LogP contribution in [0.4, 0.5) is 0 Å². The van der Waals surface area contributed by atoms with Crippen molar-refractivity contribution in [2.45, 2.75) is 19.3 Å². The molecule has 2 N–H and O–H groups in total. The van der Waals surface area contributed by atoms with Crippen LogP contribution in [0, 0.1) is 6.92 Å². The van der Waals surface area contributed by atoms with Gasteiger partial charge in [-0.15, -0.1) is 0 Å². The monoisotopic (exact) mass is 219 g/mol. The molecule has 0 saturated heterocycles. The number of aryl methyl sites for hydroxylation is 1. The van der Waals surface area contributed by atoms with Crippen LogP contribution in [0.25, 0.3) is 0 Å². The van der Waals surface area contributed by atoms with Gasteiger partial charge >= 0.3 is 5.97 Å². The standard InChI is InChI=1S/C12H13NO3/c1-8-2-3-11(16-8)10(6-12(14)15)9-4-5-13-7-9/h2-5,7,10,13H,6H2,1H3,(H,14,15). The summed E-state index contributed by atoms with van der Waals surface area (Å²) >= 11 is 0. The fraction of sp³-hybridized carbons (Fsp3) is 0.250. The van der Waals surface area contributed by atoms with Gasteiger partial charge in [0.1, 0.15) is 11.5 Å². The van der Waals surface area contributed by atoms with E-state index in [0.717, 1.165) is 11.3 Å². The van der Waals surface area contributed by atoms with Crippen LogP contribution in [-0.4, -0.2) is 16.1 Å². The topological polar surface area (TPSA) is 66.2 Å². The van der Waals surface area contributed by atoms with Crippen molar-refractivity contribution in [3.8, 4) is 0 Å². The van der Waals surface area contributed by atoms with Crippen LogP contribution in [0.15, 0.2) is 35.0 Å². The van der Waals surface area contributed by atoms with Crippen LogP contribution in [0.2, 0.25) is 0 Å². The van der Waals surface area contributed by atoms with Gasteiger partial charge in [-0.1, -0.05) is 0 Å². The summed E-state index contributed by atoms with van der Waals surface area (Å²) in [4.78, 5) is 13.8. The Kier molecular flexibility index (Phi) is 2.81. The lowest BCUT2D eigenvalue weighted by atomic mass is 9.96. The first-order valence-electron chi connectivity index (χ1n) is 5.07. The van der Waals surface area contributed by atoms with E-state index in [-0.39, 0.29) is 12.3 Å².